The fraction of sp³-hybridized carbons (Fsp3) is 0.385. The molecule has 2 N–H and O–H groups in total. The fourth-order valence-corrected chi connectivity index (χ4v) is 1.94. The van der Waals surface area contributed by atoms with Gasteiger partial charge in [-0.15, -0.1) is 0 Å². The Kier molecular flexibility index (Phi) is 3.50. The summed E-state index contributed by atoms with van der Waals surface area (Å²) in [6, 6.07) is 8.30. The second kappa shape index (κ2) is 5.08. The van der Waals surface area contributed by atoms with Crippen LogP contribution in [0.1, 0.15) is 20.3 Å². The van der Waals surface area contributed by atoms with Gasteiger partial charge in [0.2, 0.25) is 5.91 Å². The lowest BCUT2D eigenvalue weighted by Crippen LogP contribution is -2.42. The molecule has 0 radical (unpaired) electrons. The normalized spacial score (nSPS) is 18.5. The molecule has 1 heterocycles. The van der Waals surface area contributed by atoms with Gasteiger partial charge in [-0.2, -0.15) is 0 Å². The molecule has 96 valence electrons. The smallest absolute Gasteiger partial charge is 0.235 e. The SMILES string of the molecule is CC(=O)NNC1=Nc2ccccc2N(C)[C@@H](C)C1. The molecule has 1 atom stereocenters. The van der Waals surface area contributed by atoms with Gasteiger partial charge in [0, 0.05) is 26.4 Å². The number of hydrogen-bond acceptors (Lipinski definition) is 4. The van der Waals surface area contributed by atoms with Crippen molar-refractivity contribution in [1.82, 2.24) is 10.9 Å². The molecule has 1 amide bonds. The van der Waals surface area contributed by atoms with Crippen LogP contribution in [0.15, 0.2) is 29.3 Å². The Morgan fingerprint density at radius 2 is 2.17 bits per heavy atom. The van der Waals surface area contributed by atoms with Gasteiger partial charge in [-0.1, -0.05) is 12.1 Å². The summed E-state index contributed by atoms with van der Waals surface area (Å²) in [7, 11) is 2.06. The van der Waals surface area contributed by atoms with Crippen molar-refractivity contribution < 1.29 is 4.79 Å². The number of carbonyl (C=O) groups is 1. The lowest BCUT2D eigenvalue weighted by atomic mass is 10.2. The summed E-state index contributed by atoms with van der Waals surface area (Å²) >= 11 is 0. The van der Waals surface area contributed by atoms with Crippen molar-refractivity contribution in [2.24, 2.45) is 4.99 Å². The van der Waals surface area contributed by atoms with Gasteiger partial charge in [0.15, 0.2) is 0 Å². The molecule has 0 unspecified atom stereocenters. The summed E-state index contributed by atoms with van der Waals surface area (Å²) in [5.41, 5.74) is 7.46. The quantitative estimate of drug-likeness (QED) is 0.683. The molecule has 2 rings (SSSR count). The highest BCUT2D eigenvalue weighted by Gasteiger charge is 2.19. The summed E-state index contributed by atoms with van der Waals surface area (Å²) in [6.07, 6.45) is 0.755. The molecule has 0 aliphatic carbocycles. The molecular weight excluding hydrogens is 228 g/mol. The van der Waals surface area contributed by atoms with Crippen molar-refractivity contribution in [3.05, 3.63) is 24.3 Å². The minimum absolute atomic E-state index is 0.128. The van der Waals surface area contributed by atoms with E-state index in [1.807, 2.05) is 18.2 Å². The first-order valence-corrected chi connectivity index (χ1v) is 6.00. The zero-order valence-electron chi connectivity index (χ0n) is 10.9. The van der Waals surface area contributed by atoms with Gasteiger partial charge in [0.1, 0.15) is 5.84 Å². The Morgan fingerprint density at radius 3 is 2.89 bits per heavy atom. The predicted molar refractivity (Wildman–Crippen MR) is 73.0 cm³/mol. The molecule has 18 heavy (non-hydrogen) atoms. The number of anilines is 1. The van der Waals surface area contributed by atoms with E-state index in [0.717, 1.165) is 23.6 Å². The van der Waals surface area contributed by atoms with Gasteiger partial charge < -0.3 is 4.90 Å². The number of nitrogens with zero attached hydrogens (tertiary/aromatic N) is 2. The van der Waals surface area contributed by atoms with Crippen molar-refractivity contribution in [1.29, 1.82) is 0 Å². The molecule has 0 spiro atoms. The summed E-state index contributed by atoms with van der Waals surface area (Å²) in [5.74, 6) is 0.644. The Balaban J connectivity index is 2.29. The van der Waals surface area contributed by atoms with Gasteiger partial charge in [-0.25, -0.2) is 4.99 Å². The van der Waals surface area contributed by atoms with Crippen LogP contribution in [-0.4, -0.2) is 24.8 Å². The highest BCUT2D eigenvalue weighted by Crippen LogP contribution is 2.31. The van der Waals surface area contributed by atoms with E-state index < -0.39 is 0 Å². The molecule has 1 aromatic carbocycles. The first-order chi connectivity index (χ1) is 8.58. The Hall–Kier alpha value is -2.04. The van der Waals surface area contributed by atoms with Crippen LogP contribution in [0, 0.1) is 0 Å². The molecule has 1 aliphatic heterocycles. The summed E-state index contributed by atoms with van der Waals surface area (Å²) in [6.45, 7) is 3.60. The monoisotopic (exact) mass is 246 g/mol. The van der Waals surface area contributed by atoms with E-state index in [2.05, 4.69) is 40.8 Å². The number of para-hydroxylation sites is 2. The van der Waals surface area contributed by atoms with Gasteiger partial charge in [0.05, 0.1) is 11.4 Å². The molecule has 0 fully saturated rings. The summed E-state index contributed by atoms with van der Waals surface area (Å²) in [4.78, 5) is 17.7. The van der Waals surface area contributed by atoms with Crippen LogP contribution >= 0.6 is 0 Å². The number of amidine groups is 1. The van der Waals surface area contributed by atoms with Crippen LogP contribution < -0.4 is 15.8 Å². The lowest BCUT2D eigenvalue weighted by molar-refractivity contribution is -0.119. The zero-order chi connectivity index (χ0) is 13.1. The molecular formula is C13H18N4O. The van der Waals surface area contributed by atoms with Crippen molar-refractivity contribution in [2.45, 2.75) is 26.3 Å². The molecule has 0 saturated carbocycles. The van der Waals surface area contributed by atoms with Crippen LogP contribution in [0.25, 0.3) is 0 Å². The van der Waals surface area contributed by atoms with E-state index in [-0.39, 0.29) is 5.91 Å². The number of amides is 1. The van der Waals surface area contributed by atoms with Crippen molar-refractivity contribution in [3.63, 3.8) is 0 Å². The highest BCUT2D eigenvalue weighted by molar-refractivity contribution is 5.90. The van der Waals surface area contributed by atoms with E-state index in [0.29, 0.717) is 6.04 Å². The van der Waals surface area contributed by atoms with E-state index in [1.165, 1.54) is 6.92 Å². The number of hydrazine groups is 1. The maximum atomic E-state index is 10.9. The number of nitrogens with one attached hydrogen (secondary N) is 2. The second-order valence-electron chi connectivity index (χ2n) is 4.52. The number of aliphatic imine (C=N–C) groups is 1. The Labute approximate surface area is 107 Å². The molecule has 1 aromatic rings. The molecule has 0 aromatic heterocycles. The number of hydrogen-bond donors (Lipinski definition) is 2. The number of rotatable bonds is 0. The topological polar surface area (TPSA) is 56.7 Å². The minimum Gasteiger partial charge on any atom is -0.370 e. The van der Waals surface area contributed by atoms with Crippen LogP contribution in [-0.2, 0) is 4.79 Å². The first kappa shape index (κ1) is 12.4. The van der Waals surface area contributed by atoms with Crippen LogP contribution in [0.4, 0.5) is 11.4 Å². The van der Waals surface area contributed by atoms with E-state index in [4.69, 9.17) is 0 Å². The Bertz CT molecular complexity index is 484. The average molecular weight is 246 g/mol. The van der Waals surface area contributed by atoms with Gasteiger partial charge >= 0.3 is 0 Å². The predicted octanol–water partition coefficient (Wildman–Crippen LogP) is 1.59. The van der Waals surface area contributed by atoms with E-state index in [1.54, 1.807) is 0 Å². The van der Waals surface area contributed by atoms with Gasteiger partial charge in [-0.05, 0) is 19.1 Å². The zero-order valence-corrected chi connectivity index (χ0v) is 10.9. The van der Waals surface area contributed by atoms with Crippen LogP contribution in [0.3, 0.4) is 0 Å². The summed E-state index contributed by atoms with van der Waals surface area (Å²) < 4.78 is 0. The lowest BCUT2D eigenvalue weighted by Gasteiger charge is -2.25. The standard InChI is InChI=1S/C13H18N4O/c1-9-8-13(16-15-10(2)18)14-11-6-4-5-7-12(11)17(9)3/h4-7,9H,8H2,1-3H3,(H,14,16)(H,15,18)/t9-/m0/s1. The van der Waals surface area contributed by atoms with E-state index >= 15 is 0 Å². The maximum absolute atomic E-state index is 10.9. The highest BCUT2D eigenvalue weighted by atomic mass is 16.2. The third-order valence-electron chi connectivity index (χ3n) is 3.05. The number of benzene rings is 1. The molecule has 5 heteroatoms. The number of fused-ring (bicyclic) bond motifs is 1. The van der Waals surface area contributed by atoms with Crippen LogP contribution in [0.2, 0.25) is 0 Å². The molecule has 0 bridgehead atoms. The fourth-order valence-electron chi connectivity index (χ4n) is 1.94. The van der Waals surface area contributed by atoms with Gasteiger partial charge in [0.25, 0.3) is 0 Å². The molecule has 5 nitrogen and oxygen atoms in total. The second-order valence-corrected chi connectivity index (χ2v) is 4.52. The summed E-state index contributed by atoms with van der Waals surface area (Å²) in [5, 5.41) is 0. The van der Waals surface area contributed by atoms with Crippen LogP contribution in [0.5, 0.6) is 0 Å². The first-order valence-electron chi connectivity index (χ1n) is 6.00. The van der Waals surface area contributed by atoms with E-state index in [9.17, 15) is 4.79 Å². The van der Waals surface area contributed by atoms with Crippen molar-refractivity contribution in [3.8, 4) is 0 Å². The van der Waals surface area contributed by atoms with Crippen molar-refractivity contribution >= 4 is 23.1 Å². The molecule has 1 aliphatic rings. The average Bonchev–Trinajstić information content (AvgIpc) is 2.46. The third kappa shape index (κ3) is 2.61. The largest absolute Gasteiger partial charge is 0.370 e. The molecule has 0 saturated heterocycles. The van der Waals surface area contributed by atoms with Crippen molar-refractivity contribution in [2.75, 3.05) is 11.9 Å². The Morgan fingerprint density at radius 1 is 1.44 bits per heavy atom. The third-order valence-corrected chi connectivity index (χ3v) is 3.05. The number of carbonyl (C=O) groups excluding carboxylic acids is 1. The minimum atomic E-state index is -0.128. The maximum Gasteiger partial charge on any atom is 0.235 e. The van der Waals surface area contributed by atoms with Gasteiger partial charge in [-0.3, -0.25) is 15.6 Å².